The van der Waals surface area contributed by atoms with Gasteiger partial charge in [0.05, 0.1) is 17.8 Å². The van der Waals surface area contributed by atoms with Crippen molar-refractivity contribution in [3.63, 3.8) is 0 Å². The Bertz CT molecular complexity index is 1310. The minimum atomic E-state index is -1.23. The molecule has 0 radical (unpaired) electrons. The highest BCUT2D eigenvalue weighted by Gasteiger charge is 2.67. The molecule has 1 amide bonds. The molecule has 0 saturated carbocycles. The first-order chi connectivity index (χ1) is 15.6. The number of carbonyl (C=O) groups is 2. The Morgan fingerprint density at radius 2 is 1.78 bits per heavy atom. The van der Waals surface area contributed by atoms with Crippen molar-refractivity contribution < 1.29 is 19.1 Å². The molecular formula is C25H18N2O4S. The summed E-state index contributed by atoms with van der Waals surface area (Å²) in [6.45, 7) is 0. The molecule has 0 aliphatic carbocycles. The third kappa shape index (κ3) is 2.31. The second-order valence-electron chi connectivity index (χ2n) is 8.07. The van der Waals surface area contributed by atoms with Crippen LogP contribution in [0, 0.1) is 5.92 Å². The molecule has 3 aliphatic heterocycles. The number of nitrogens with one attached hydrogen (secondary N) is 1. The van der Waals surface area contributed by atoms with E-state index >= 15 is 0 Å². The second-order valence-corrected chi connectivity index (χ2v) is 8.51. The number of hydrogen-bond acceptors (Lipinski definition) is 5. The van der Waals surface area contributed by atoms with Gasteiger partial charge < -0.3 is 14.8 Å². The summed E-state index contributed by atoms with van der Waals surface area (Å²) in [5.74, 6) is -0.923. The van der Waals surface area contributed by atoms with Crippen LogP contribution in [0.5, 0.6) is 11.5 Å². The molecule has 0 unspecified atom stereocenters. The fourth-order valence-electron chi connectivity index (χ4n) is 5.23. The molecule has 158 valence electrons. The smallest absolute Gasteiger partial charge is 0.322 e. The Labute approximate surface area is 189 Å². The summed E-state index contributed by atoms with van der Waals surface area (Å²) in [5, 5.41) is 3.28. The Morgan fingerprint density at radius 1 is 1.03 bits per heavy atom. The van der Waals surface area contributed by atoms with Gasteiger partial charge in [0.15, 0.2) is 5.54 Å². The van der Waals surface area contributed by atoms with Gasteiger partial charge in [-0.25, -0.2) is 0 Å². The van der Waals surface area contributed by atoms with Crippen LogP contribution < -0.4 is 19.7 Å². The Kier molecular flexibility index (Phi) is 3.95. The lowest BCUT2D eigenvalue weighted by Gasteiger charge is -2.35. The molecule has 6 nitrogen and oxygen atoms in total. The van der Waals surface area contributed by atoms with Crippen molar-refractivity contribution in [1.82, 2.24) is 5.32 Å². The number of amides is 1. The number of thiocarbonyl (C=S) groups is 1. The Balaban J connectivity index is 1.63. The molecule has 3 aromatic rings. The number of nitrogens with zero attached hydrogens (tertiary/aromatic N) is 1. The van der Waals surface area contributed by atoms with Crippen molar-refractivity contribution in [3.8, 4) is 11.5 Å². The average Bonchev–Trinajstić information content (AvgIpc) is 3.27. The van der Waals surface area contributed by atoms with E-state index < -0.39 is 23.3 Å². The van der Waals surface area contributed by atoms with Crippen LogP contribution in [0.2, 0.25) is 0 Å². The molecule has 32 heavy (non-hydrogen) atoms. The minimum Gasteiger partial charge on any atom is -0.497 e. The molecule has 3 aliphatic rings. The van der Waals surface area contributed by atoms with Crippen LogP contribution in [0.25, 0.3) is 0 Å². The van der Waals surface area contributed by atoms with Crippen molar-refractivity contribution in [3.05, 3.63) is 83.9 Å². The number of methoxy groups -OCH3 is 1. The molecule has 6 rings (SSSR count). The van der Waals surface area contributed by atoms with E-state index in [0.29, 0.717) is 16.5 Å². The average molecular weight is 442 g/mol. The maximum atomic E-state index is 14.3. The molecule has 0 bridgehead atoms. The lowest BCUT2D eigenvalue weighted by molar-refractivity contribution is -0.139. The fourth-order valence-corrected chi connectivity index (χ4v) is 5.62. The summed E-state index contributed by atoms with van der Waals surface area (Å²) in [5.41, 5.74) is 1.80. The zero-order chi connectivity index (χ0) is 22.0. The zero-order valence-corrected chi connectivity index (χ0v) is 17.9. The Hall–Kier alpha value is -3.71. The summed E-state index contributed by atoms with van der Waals surface area (Å²) >= 11 is 5.62. The predicted octanol–water partition coefficient (Wildman–Crippen LogP) is 3.82. The van der Waals surface area contributed by atoms with E-state index in [1.54, 1.807) is 24.1 Å². The van der Waals surface area contributed by atoms with Gasteiger partial charge in [-0.3, -0.25) is 14.5 Å². The van der Waals surface area contributed by atoms with Crippen molar-refractivity contribution in [2.45, 2.75) is 11.5 Å². The van der Waals surface area contributed by atoms with Gasteiger partial charge in [0, 0.05) is 22.7 Å². The van der Waals surface area contributed by atoms with Crippen LogP contribution in [-0.2, 0) is 15.1 Å². The lowest BCUT2D eigenvalue weighted by Crippen LogP contribution is -2.50. The van der Waals surface area contributed by atoms with E-state index in [4.69, 9.17) is 21.7 Å². The second kappa shape index (κ2) is 6.64. The van der Waals surface area contributed by atoms with E-state index in [1.807, 2.05) is 60.7 Å². The number of fused-ring (bicyclic) bond motifs is 6. The summed E-state index contributed by atoms with van der Waals surface area (Å²) in [6.07, 6.45) is 0. The summed E-state index contributed by atoms with van der Waals surface area (Å²) in [6, 6.07) is 22.4. The van der Waals surface area contributed by atoms with E-state index in [0.717, 1.165) is 22.5 Å². The largest absolute Gasteiger partial charge is 0.497 e. The molecular weight excluding hydrogens is 424 g/mol. The molecule has 1 spiro atoms. The predicted molar refractivity (Wildman–Crippen MR) is 122 cm³/mol. The van der Waals surface area contributed by atoms with Gasteiger partial charge in [0.1, 0.15) is 17.4 Å². The van der Waals surface area contributed by atoms with Gasteiger partial charge in [-0.15, -0.1) is 0 Å². The summed E-state index contributed by atoms with van der Waals surface area (Å²) in [7, 11) is 1.58. The minimum absolute atomic E-state index is 0.178. The number of para-hydroxylation sites is 2. The maximum absolute atomic E-state index is 14.3. The summed E-state index contributed by atoms with van der Waals surface area (Å²) < 4.78 is 11.0. The van der Waals surface area contributed by atoms with Crippen molar-refractivity contribution >= 4 is 40.5 Å². The third-order valence-corrected chi connectivity index (χ3v) is 6.90. The fraction of sp³-hybridized carbons (Fsp3) is 0.160. The van der Waals surface area contributed by atoms with Crippen molar-refractivity contribution in [2.24, 2.45) is 5.92 Å². The highest BCUT2D eigenvalue weighted by Crippen LogP contribution is 2.59. The van der Waals surface area contributed by atoms with E-state index in [9.17, 15) is 9.59 Å². The van der Waals surface area contributed by atoms with Crippen LogP contribution in [0.1, 0.15) is 17.0 Å². The third-order valence-electron chi connectivity index (χ3n) is 6.54. The van der Waals surface area contributed by atoms with Crippen LogP contribution in [-0.4, -0.2) is 24.0 Å². The van der Waals surface area contributed by atoms with Gasteiger partial charge >= 0.3 is 5.97 Å². The van der Waals surface area contributed by atoms with Crippen LogP contribution >= 0.6 is 12.2 Å². The number of esters is 1. The van der Waals surface area contributed by atoms with Gasteiger partial charge in [0.25, 0.3) is 5.91 Å². The highest BCUT2D eigenvalue weighted by molar-refractivity contribution is 7.80. The number of benzene rings is 3. The monoisotopic (exact) mass is 442 g/mol. The quantitative estimate of drug-likeness (QED) is 0.370. The molecule has 7 heteroatoms. The number of rotatable bonds is 2. The zero-order valence-electron chi connectivity index (χ0n) is 17.1. The molecule has 3 atom stereocenters. The number of carbonyl (C=O) groups excluding carboxylic acids is 2. The first-order valence-corrected chi connectivity index (χ1v) is 10.7. The van der Waals surface area contributed by atoms with E-state index in [2.05, 4.69) is 5.32 Å². The van der Waals surface area contributed by atoms with E-state index in [1.165, 1.54) is 0 Å². The normalized spacial score (nSPS) is 25.2. The van der Waals surface area contributed by atoms with E-state index in [-0.39, 0.29) is 5.91 Å². The van der Waals surface area contributed by atoms with Crippen molar-refractivity contribution in [1.29, 1.82) is 0 Å². The first kappa shape index (κ1) is 19.0. The molecule has 1 fully saturated rings. The van der Waals surface area contributed by atoms with Gasteiger partial charge in [-0.05, 0) is 36.4 Å². The maximum Gasteiger partial charge on any atom is 0.322 e. The molecule has 3 aromatic carbocycles. The van der Waals surface area contributed by atoms with Crippen molar-refractivity contribution in [2.75, 3.05) is 12.0 Å². The van der Waals surface area contributed by atoms with Crippen LogP contribution in [0.15, 0.2) is 72.8 Å². The topological polar surface area (TPSA) is 67.9 Å². The highest BCUT2D eigenvalue weighted by atomic mass is 32.1. The van der Waals surface area contributed by atoms with Gasteiger partial charge in [-0.2, -0.15) is 0 Å². The number of anilines is 2. The summed E-state index contributed by atoms with van der Waals surface area (Å²) in [4.78, 5) is 29.3. The van der Waals surface area contributed by atoms with Gasteiger partial charge in [-0.1, -0.05) is 48.6 Å². The number of hydrogen-bond donors (Lipinski definition) is 1. The van der Waals surface area contributed by atoms with Crippen LogP contribution in [0.4, 0.5) is 11.4 Å². The first-order valence-electron chi connectivity index (χ1n) is 10.3. The van der Waals surface area contributed by atoms with Gasteiger partial charge in [0.2, 0.25) is 0 Å². The van der Waals surface area contributed by atoms with Crippen LogP contribution in [0.3, 0.4) is 0 Å². The molecule has 1 saturated heterocycles. The number of ether oxygens (including phenoxy) is 2. The lowest BCUT2D eigenvalue weighted by atomic mass is 9.71. The SMILES string of the molecule is COc1ccc2c(c1)[C@@H]1[C@H](C(=O)O2)C(=S)N[C@]12C(=O)N(c1ccccc1)c1ccccc12. The molecule has 3 heterocycles. The molecule has 0 aromatic heterocycles. The molecule has 1 N–H and O–H groups in total. The Morgan fingerprint density at radius 3 is 2.56 bits per heavy atom. The standard InChI is InChI=1S/C25H18N2O4S/c1-30-15-11-12-19-16(13-15)21-20(23(28)31-19)22(32)26-25(21)17-9-5-6-10-18(17)27(24(25)29)14-7-3-2-4-8-14/h2-13,20-21H,1H3,(H,26,32)/t20-,21+,25-/m0/s1.